The summed E-state index contributed by atoms with van der Waals surface area (Å²) in [4.78, 5) is 31.2. The minimum absolute atomic E-state index is 0.103. The van der Waals surface area contributed by atoms with Crippen molar-refractivity contribution >= 4 is 45.7 Å². The molecule has 1 atom stereocenters. The molecule has 0 aliphatic carbocycles. The number of carbonyl (C=O) groups is 2. The summed E-state index contributed by atoms with van der Waals surface area (Å²) < 4.78 is 5.49. The standard InChI is InChI=1S/C29H29N3O3S2/c1-4-26(28(34)32-29-31-25(18-36-29)20-12-14-23(15-13-20)35-5-2)37-24-11-7-10-22(17-24)30-27(33)21-9-6-8-19(3)16-21/h6-18,26H,4-5H2,1-3H3,(H,30,33)(H,31,32,34). The zero-order chi connectivity index (χ0) is 26.2. The lowest BCUT2D eigenvalue weighted by atomic mass is 10.1. The molecule has 37 heavy (non-hydrogen) atoms. The Morgan fingerprint density at radius 1 is 1.00 bits per heavy atom. The zero-order valence-corrected chi connectivity index (χ0v) is 22.6. The number of hydrogen-bond donors (Lipinski definition) is 2. The average Bonchev–Trinajstić information content (AvgIpc) is 3.36. The molecule has 0 bridgehead atoms. The first-order chi connectivity index (χ1) is 17.9. The van der Waals surface area contributed by atoms with Crippen LogP contribution in [0.5, 0.6) is 5.75 Å². The van der Waals surface area contributed by atoms with Crippen LogP contribution in [0.4, 0.5) is 10.8 Å². The van der Waals surface area contributed by atoms with Crippen molar-refractivity contribution in [3.63, 3.8) is 0 Å². The molecular formula is C29H29N3O3S2. The Morgan fingerprint density at radius 3 is 2.51 bits per heavy atom. The summed E-state index contributed by atoms with van der Waals surface area (Å²) >= 11 is 2.86. The fourth-order valence-corrected chi connectivity index (χ4v) is 5.40. The van der Waals surface area contributed by atoms with Crippen LogP contribution in [0.25, 0.3) is 11.3 Å². The van der Waals surface area contributed by atoms with Gasteiger partial charge in [0.1, 0.15) is 5.75 Å². The summed E-state index contributed by atoms with van der Waals surface area (Å²) in [6.07, 6.45) is 0.646. The number of thioether (sulfide) groups is 1. The molecule has 1 unspecified atom stereocenters. The first-order valence-corrected chi connectivity index (χ1v) is 13.9. The van der Waals surface area contributed by atoms with Crippen molar-refractivity contribution in [1.82, 2.24) is 4.98 Å². The minimum atomic E-state index is -0.305. The maximum atomic E-state index is 13.0. The van der Waals surface area contributed by atoms with Gasteiger partial charge in [-0.15, -0.1) is 23.1 Å². The van der Waals surface area contributed by atoms with Gasteiger partial charge in [-0.05, 0) is 74.9 Å². The summed E-state index contributed by atoms with van der Waals surface area (Å²) in [5, 5.41) is 8.10. The summed E-state index contributed by atoms with van der Waals surface area (Å²) in [6.45, 7) is 6.51. The van der Waals surface area contributed by atoms with E-state index in [1.54, 1.807) is 6.07 Å². The van der Waals surface area contributed by atoms with E-state index >= 15 is 0 Å². The molecule has 1 aromatic heterocycles. The van der Waals surface area contributed by atoms with Crippen molar-refractivity contribution < 1.29 is 14.3 Å². The van der Waals surface area contributed by atoms with Gasteiger partial charge in [0, 0.05) is 27.1 Å². The van der Waals surface area contributed by atoms with E-state index in [1.807, 2.05) is 92.9 Å². The molecule has 0 saturated heterocycles. The Kier molecular flexibility index (Phi) is 8.98. The molecule has 190 valence electrons. The molecule has 8 heteroatoms. The number of aryl methyl sites for hydroxylation is 1. The van der Waals surface area contributed by atoms with Crippen molar-refractivity contribution in [2.45, 2.75) is 37.3 Å². The van der Waals surface area contributed by atoms with Crippen LogP contribution in [0.15, 0.2) is 83.1 Å². The number of amides is 2. The SMILES string of the molecule is CCOc1ccc(-c2csc(NC(=O)C(CC)Sc3cccc(NC(=O)c4cccc(C)c4)c3)n2)cc1. The van der Waals surface area contributed by atoms with Crippen LogP contribution in [0.3, 0.4) is 0 Å². The highest BCUT2D eigenvalue weighted by Crippen LogP contribution is 2.30. The van der Waals surface area contributed by atoms with Gasteiger partial charge in [-0.3, -0.25) is 9.59 Å². The molecule has 6 nitrogen and oxygen atoms in total. The molecule has 2 N–H and O–H groups in total. The van der Waals surface area contributed by atoms with Crippen molar-refractivity contribution in [2.24, 2.45) is 0 Å². The number of nitrogens with one attached hydrogen (secondary N) is 2. The highest BCUT2D eigenvalue weighted by Gasteiger charge is 2.20. The number of nitrogens with zero attached hydrogens (tertiary/aromatic N) is 1. The predicted octanol–water partition coefficient (Wildman–Crippen LogP) is 7.28. The molecule has 1 heterocycles. The molecule has 3 aromatic carbocycles. The smallest absolute Gasteiger partial charge is 0.255 e. The lowest BCUT2D eigenvalue weighted by Gasteiger charge is -2.14. The van der Waals surface area contributed by atoms with Crippen molar-refractivity contribution in [3.05, 3.63) is 89.3 Å². The lowest BCUT2D eigenvalue weighted by molar-refractivity contribution is -0.115. The second kappa shape index (κ2) is 12.6. The van der Waals surface area contributed by atoms with E-state index in [4.69, 9.17) is 4.74 Å². The largest absolute Gasteiger partial charge is 0.494 e. The highest BCUT2D eigenvalue weighted by molar-refractivity contribution is 8.00. The monoisotopic (exact) mass is 531 g/mol. The maximum Gasteiger partial charge on any atom is 0.255 e. The molecule has 2 amide bonds. The van der Waals surface area contributed by atoms with Crippen LogP contribution < -0.4 is 15.4 Å². The van der Waals surface area contributed by atoms with E-state index in [9.17, 15) is 9.59 Å². The van der Waals surface area contributed by atoms with Crippen molar-refractivity contribution in [2.75, 3.05) is 17.2 Å². The normalized spacial score (nSPS) is 11.5. The summed E-state index contributed by atoms with van der Waals surface area (Å²) in [7, 11) is 0. The first-order valence-electron chi connectivity index (χ1n) is 12.1. The third-order valence-corrected chi connectivity index (χ3v) is 7.62. The number of anilines is 2. The number of rotatable bonds is 10. The molecule has 0 saturated carbocycles. The van der Waals surface area contributed by atoms with Crippen LogP contribution in [0.1, 0.15) is 36.2 Å². The molecule has 4 rings (SSSR count). The minimum Gasteiger partial charge on any atom is -0.494 e. The van der Waals surface area contributed by atoms with Gasteiger partial charge in [0.2, 0.25) is 5.91 Å². The van der Waals surface area contributed by atoms with Crippen LogP contribution in [0.2, 0.25) is 0 Å². The van der Waals surface area contributed by atoms with Gasteiger partial charge >= 0.3 is 0 Å². The topological polar surface area (TPSA) is 80.3 Å². The molecule has 0 spiro atoms. The van der Waals surface area contributed by atoms with Crippen molar-refractivity contribution in [3.8, 4) is 17.0 Å². The summed E-state index contributed by atoms with van der Waals surface area (Å²) in [5.74, 6) is 0.550. The molecule has 0 aliphatic rings. The first kappa shape index (κ1) is 26.4. The maximum absolute atomic E-state index is 13.0. The lowest BCUT2D eigenvalue weighted by Crippen LogP contribution is -2.24. The van der Waals surface area contributed by atoms with Crippen LogP contribution in [-0.2, 0) is 4.79 Å². The Balaban J connectivity index is 1.38. The van der Waals surface area contributed by atoms with Crippen molar-refractivity contribution in [1.29, 1.82) is 0 Å². The number of ether oxygens (including phenoxy) is 1. The van der Waals surface area contributed by atoms with Crippen LogP contribution in [-0.4, -0.2) is 28.7 Å². The van der Waals surface area contributed by atoms with E-state index in [-0.39, 0.29) is 17.1 Å². The van der Waals surface area contributed by atoms with Crippen LogP contribution in [0, 0.1) is 6.92 Å². The van der Waals surface area contributed by atoms with Gasteiger partial charge in [-0.2, -0.15) is 0 Å². The Hall–Kier alpha value is -3.62. The van der Waals surface area contributed by atoms with E-state index in [2.05, 4.69) is 15.6 Å². The van der Waals surface area contributed by atoms with Gasteiger partial charge in [0.15, 0.2) is 5.13 Å². The van der Waals surface area contributed by atoms with E-state index < -0.39 is 0 Å². The Bertz CT molecular complexity index is 1370. The molecule has 0 radical (unpaired) electrons. The molecule has 4 aromatic rings. The number of thiazole rings is 1. The second-order valence-electron chi connectivity index (χ2n) is 8.35. The second-order valence-corrected chi connectivity index (χ2v) is 10.5. The number of carbonyl (C=O) groups excluding carboxylic acids is 2. The van der Waals surface area contributed by atoms with Gasteiger partial charge in [-0.25, -0.2) is 4.98 Å². The fourth-order valence-electron chi connectivity index (χ4n) is 3.66. The molecular weight excluding hydrogens is 502 g/mol. The average molecular weight is 532 g/mol. The van der Waals surface area contributed by atoms with Gasteiger partial charge in [-0.1, -0.05) is 30.7 Å². The number of hydrogen-bond acceptors (Lipinski definition) is 6. The third-order valence-electron chi connectivity index (χ3n) is 5.51. The highest BCUT2D eigenvalue weighted by atomic mass is 32.2. The Morgan fingerprint density at radius 2 is 1.78 bits per heavy atom. The van der Waals surface area contributed by atoms with E-state index in [0.717, 1.165) is 27.5 Å². The number of benzene rings is 3. The summed E-state index contributed by atoms with van der Waals surface area (Å²) in [5.41, 5.74) is 4.09. The Labute approximate surface area is 225 Å². The van der Waals surface area contributed by atoms with E-state index in [0.29, 0.717) is 29.4 Å². The fraction of sp³-hybridized carbons (Fsp3) is 0.207. The quantitative estimate of drug-likeness (QED) is 0.210. The third kappa shape index (κ3) is 7.21. The molecule has 0 aliphatic heterocycles. The van der Waals surface area contributed by atoms with Crippen LogP contribution >= 0.6 is 23.1 Å². The predicted molar refractivity (Wildman–Crippen MR) is 153 cm³/mol. The van der Waals surface area contributed by atoms with E-state index in [1.165, 1.54) is 23.1 Å². The zero-order valence-electron chi connectivity index (χ0n) is 21.0. The number of aromatic nitrogens is 1. The van der Waals surface area contributed by atoms with Gasteiger partial charge < -0.3 is 15.4 Å². The molecule has 0 fully saturated rings. The summed E-state index contributed by atoms with van der Waals surface area (Å²) in [6, 6.07) is 22.8. The van der Waals surface area contributed by atoms with Gasteiger partial charge in [0.05, 0.1) is 17.6 Å². The van der Waals surface area contributed by atoms with Gasteiger partial charge in [0.25, 0.3) is 5.91 Å².